The largest absolute Gasteiger partial charge is 0.480 e. The summed E-state index contributed by atoms with van der Waals surface area (Å²) in [6.45, 7) is 2.61. The van der Waals surface area contributed by atoms with E-state index in [1.54, 1.807) is 43.3 Å². The molecule has 276 valence electrons. The summed E-state index contributed by atoms with van der Waals surface area (Å²) in [7, 11) is 0. The molecule has 0 saturated heterocycles. The molecule has 0 bridgehead atoms. The Morgan fingerprint density at radius 1 is 0.731 bits per heavy atom. The van der Waals surface area contributed by atoms with Gasteiger partial charge in [0.05, 0.1) is 29.4 Å². The van der Waals surface area contributed by atoms with E-state index in [1.807, 2.05) is 0 Å². The zero-order valence-corrected chi connectivity index (χ0v) is 28.9. The predicted molar refractivity (Wildman–Crippen MR) is 191 cm³/mol. The Kier molecular flexibility index (Phi) is 13.1. The summed E-state index contributed by atoms with van der Waals surface area (Å²) in [6.07, 6.45) is -3.62. The highest BCUT2D eigenvalue weighted by molar-refractivity contribution is 6.35. The number of halogens is 7. The minimum atomic E-state index is -4.68. The Morgan fingerprint density at radius 2 is 1.23 bits per heavy atom. The van der Waals surface area contributed by atoms with Crippen LogP contribution in [0.15, 0.2) is 72.8 Å². The number of aliphatic hydroxyl groups excluding tert-OH is 2. The highest BCUT2D eigenvalue weighted by Crippen LogP contribution is 2.38. The molecule has 0 radical (unpaired) electrons. The second-order valence-electron chi connectivity index (χ2n) is 12.3. The Hall–Kier alpha value is -4.46. The van der Waals surface area contributed by atoms with Crippen molar-refractivity contribution in [3.8, 4) is 11.1 Å². The number of hydrogen-bond acceptors (Lipinski definition) is 5. The van der Waals surface area contributed by atoms with Gasteiger partial charge in [0.1, 0.15) is 5.54 Å². The lowest BCUT2D eigenvalue weighted by molar-refractivity contribution is -0.146. The van der Waals surface area contributed by atoms with Crippen LogP contribution in [0.4, 0.5) is 26.3 Å². The third kappa shape index (κ3) is 9.90. The molecule has 1 atom stereocenters. The summed E-state index contributed by atoms with van der Waals surface area (Å²) in [5.41, 5.74) is 0.226. The number of carboxylic acids is 1. The molecule has 0 spiro atoms. The van der Waals surface area contributed by atoms with Crippen molar-refractivity contribution in [1.29, 1.82) is 0 Å². The van der Waals surface area contributed by atoms with Crippen LogP contribution in [-0.2, 0) is 30.2 Å². The molecule has 6 nitrogen and oxygen atoms in total. The molecule has 0 fully saturated rings. The van der Waals surface area contributed by atoms with E-state index >= 15 is 0 Å². The molecule has 4 aromatic carbocycles. The maximum atomic E-state index is 14.0. The van der Waals surface area contributed by atoms with Gasteiger partial charge in [0.15, 0.2) is 0 Å². The molecule has 52 heavy (non-hydrogen) atoms. The first kappa shape index (κ1) is 40.3. The fourth-order valence-electron chi connectivity index (χ4n) is 5.42. The van der Waals surface area contributed by atoms with Crippen molar-refractivity contribution in [2.45, 2.75) is 44.8 Å². The Balaban J connectivity index is 1.67. The first-order valence-corrected chi connectivity index (χ1v) is 16.4. The van der Waals surface area contributed by atoms with E-state index in [9.17, 15) is 41.4 Å². The highest BCUT2D eigenvalue weighted by Gasteiger charge is 2.35. The van der Waals surface area contributed by atoms with Crippen LogP contribution in [0, 0.1) is 6.92 Å². The van der Waals surface area contributed by atoms with Crippen LogP contribution in [-0.4, -0.2) is 46.6 Å². The number of aliphatic carboxylic acids is 1. The molecule has 0 heterocycles. The summed E-state index contributed by atoms with van der Waals surface area (Å²) in [5.74, 6) is -1.32. The first-order valence-electron chi connectivity index (χ1n) is 16.0. The van der Waals surface area contributed by atoms with E-state index in [0.717, 1.165) is 12.1 Å². The molecule has 0 aliphatic heterocycles. The van der Waals surface area contributed by atoms with Crippen LogP contribution in [0.2, 0.25) is 5.02 Å². The summed E-state index contributed by atoms with van der Waals surface area (Å²) in [5, 5.41) is 33.8. The third-order valence-electron chi connectivity index (χ3n) is 8.51. The van der Waals surface area contributed by atoms with Crippen LogP contribution in [0.3, 0.4) is 0 Å². The lowest BCUT2D eigenvalue weighted by atomic mass is 9.94. The van der Waals surface area contributed by atoms with Gasteiger partial charge in [0.25, 0.3) is 0 Å². The molecule has 0 aromatic heterocycles. The van der Waals surface area contributed by atoms with Crippen molar-refractivity contribution >= 4 is 41.9 Å². The van der Waals surface area contributed by atoms with Crippen LogP contribution in [0.25, 0.3) is 35.4 Å². The molecular formula is C39H37ClF6N2O4. The van der Waals surface area contributed by atoms with Gasteiger partial charge in [-0.15, -0.1) is 0 Å². The van der Waals surface area contributed by atoms with Crippen molar-refractivity contribution in [2.75, 3.05) is 19.8 Å². The predicted octanol–water partition coefficient (Wildman–Crippen LogP) is 8.70. The molecule has 0 aliphatic carbocycles. The van der Waals surface area contributed by atoms with Gasteiger partial charge in [-0.05, 0) is 82.6 Å². The summed E-state index contributed by atoms with van der Waals surface area (Å²) < 4.78 is 83.5. The van der Waals surface area contributed by atoms with Gasteiger partial charge in [-0.1, -0.05) is 84.4 Å². The lowest BCUT2D eigenvalue weighted by Crippen LogP contribution is -2.52. The molecule has 4 aromatic rings. The molecule has 4 rings (SSSR count). The van der Waals surface area contributed by atoms with Crippen molar-refractivity contribution in [1.82, 2.24) is 10.6 Å². The van der Waals surface area contributed by atoms with Crippen LogP contribution in [0.5, 0.6) is 0 Å². The topological polar surface area (TPSA) is 102 Å². The summed E-state index contributed by atoms with van der Waals surface area (Å²) >= 11 is 6.82. The molecular weight excluding hydrogens is 710 g/mol. The molecule has 5 N–H and O–H groups in total. The second-order valence-corrected chi connectivity index (χ2v) is 12.7. The van der Waals surface area contributed by atoms with E-state index in [0.29, 0.717) is 38.9 Å². The summed E-state index contributed by atoms with van der Waals surface area (Å²) in [4.78, 5) is 11.5. The molecule has 0 amide bonds. The third-order valence-corrected chi connectivity index (χ3v) is 8.93. The number of aliphatic hydroxyl groups is 2. The lowest BCUT2D eigenvalue weighted by Gasteiger charge is -2.24. The Labute approximate surface area is 302 Å². The average Bonchev–Trinajstić information content (AvgIpc) is 3.09. The zero-order valence-electron chi connectivity index (χ0n) is 28.2. The smallest absolute Gasteiger partial charge is 0.416 e. The van der Waals surface area contributed by atoms with Gasteiger partial charge in [-0.3, -0.25) is 10.1 Å². The Bertz CT molecular complexity index is 1960. The zero-order chi connectivity index (χ0) is 38.3. The minimum absolute atomic E-state index is 0.0667. The van der Waals surface area contributed by atoms with Gasteiger partial charge in [-0.25, -0.2) is 0 Å². The van der Waals surface area contributed by atoms with Crippen molar-refractivity contribution < 1.29 is 46.5 Å². The van der Waals surface area contributed by atoms with E-state index < -0.39 is 41.6 Å². The summed E-state index contributed by atoms with van der Waals surface area (Å²) in [6, 6.07) is 17.5. The van der Waals surface area contributed by atoms with Crippen molar-refractivity contribution in [3.05, 3.63) is 128 Å². The molecule has 0 saturated carbocycles. The monoisotopic (exact) mass is 746 g/mol. The van der Waals surface area contributed by atoms with Gasteiger partial charge in [-0.2, -0.15) is 26.3 Å². The number of nitrogens with one attached hydrogen (secondary N) is 2. The number of rotatable bonds is 14. The first-order chi connectivity index (χ1) is 24.5. The number of carboxylic acid groups (broad SMARTS) is 1. The highest BCUT2D eigenvalue weighted by atomic mass is 35.5. The number of carbonyl (C=O) groups is 1. The maximum Gasteiger partial charge on any atom is 0.416 e. The van der Waals surface area contributed by atoms with Crippen LogP contribution in [0.1, 0.15) is 57.0 Å². The van der Waals surface area contributed by atoms with Gasteiger partial charge < -0.3 is 20.6 Å². The SMILES string of the molecule is Cc1c(/C=C/c2cc(CNC(C)(CO)C(=O)O)ccc2C(F)(F)F)cccc1-c1cccc(/C=C/c2cc(CNCCO)ccc2C(F)(F)F)c1Cl. The standard InChI is InChI=1S/C39H37ClF6N2O4/c1-24-27(11-13-29-20-26(10-16-34(29)39(44,45)46)22-48-37(2,23-50)36(51)52)5-3-7-31(24)32-8-4-6-28(35(32)40)12-14-30-19-25(21-47-17-18-49)9-15-33(30)38(41,42)43/h3-16,19-20,47-50H,17-18,21-23H2,1-2H3,(H,51,52)/b13-11+,14-12+. The average molecular weight is 747 g/mol. The van der Waals surface area contributed by atoms with Gasteiger partial charge in [0.2, 0.25) is 0 Å². The van der Waals surface area contributed by atoms with Crippen LogP contribution < -0.4 is 10.6 Å². The normalized spacial score (nSPS) is 13.6. The van der Waals surface area contributed by atoms with Gasteiger partial charge >= 0.3 is 18.3 Å². The van der Waals surface area contributed by atoms with E-state index in [-0.39, 0.29) is 42.4 Å². The Morgan fingerprint density at radius 3 is 1.75 bits per heavy atom. The van der Waals surface area contributed by atoms with Crippen LogP contribution >= 0.6 is 11.6 Å². The van der Waals surface area contributed by atoms with Crippen molar-refractivity contribution in [3.63, 3.8) is 0 Å². The number of hydrogen-bond donors (Lipinski definition) is 5. The van der Waals surface area contributed by atoms with Gasteiger partial charge in [0, 0.05) is 25.2 Å². The number of alkyl halides is 6. The van der Waals surface area contributed by atoms with E-state index in [4.69, 9.17) is 16.7 Å². The fourth-order valence-corrected chi connectivity index (χ4v) is 5.71. The fraction of sp³-hybridized carbons (Fsp3) is 0.256. The second kappa shape index (κ2) is 16.9. The minimum Gasteiger partial charge on any atom is -0.480 e. The van der Waals surface area contributed by atoms with Crippen molar-refractivity contribution in [2.24, 2.45) is 0 Å². The maximum absolute atomic E-state index is 14.0. The quantitative estimate of drug-likeness (QED) is 0.0503. The molecule has 13 heteroatoms. The molecule has 1 unspecified atom stereocenters. The van der Waals surface area contributed by atoms with E-state index in [2.05, 4.69) is 10.6 Å². The number of benzene rings is 4. The molecule has 0 aliphatic rings. The van der Waals surface area contributed by atoms with E-state index in [1.165, 1.54) is 55.5 Å².